The average Bonchev–Trinajstić information content (AvgIpc) is 2.41. The van der Waals surface area contributed by atoms with Gasteiger partial charge in [0.2, 0.25) is 0 Å². The van der Waals surface area contributed by atoms with Gasteiger partial charge < -0.3 is 15.4 Å². The van der Waals surface area contributed by atoms with Crippen molar-refractivity contribution in [3.8, 4) is 0 Å². The highest BCUT2D eigenvalue weighted by Gasteiger charge is 2.21. The Morgan fingerprint density at radius 2 is 2.44 bits per heavy atom. The van der Waals surface area contributed by atoms with Crippen molar-refractivity contribution in [2.45, 2.75) is 25.4 Å². The highest BCUT2D eigenvalue weighted by Crippen LogP contribution is 2.20. The van der Waals surface area contributed by atoms with Gasteiger partial charge in [-0.15, -0.1) is 0 Å². The van der Waals surface area contributed by atoms with Crippen molar-refractivity contribution in [2.75, 3.05) is 32.8 Å². The Balaban J connectivity index is 1.78. The molecule has 0 aromatic carbocycles. The van der Waals surface area contributed by atoms with Crippen LogP contribution in [-0.4, -0.2) is 43.9 Å². The highest BCUT2D eigenvalue weighted by atomic mass is 16.5. The van der Waals surface area contributed by atoms with Gasteiger partial charge in [0.1, 0.15) is 0 Å². The molecule has 0 amide bonds. The zero-order chi connectivity index (χ0) is 12.8. The number of hydrogen-bond donors (Lipinski definition) is 2. The lowest BCUT2D eigenvalue weighted by molar-refractivity contribution is 0.0287. The van der Waals surface area contributed by atoms with Gasteiger partial charge in [0, 0.05) is 44.0 Å². The first kappa shape index (κ1) is 13.5. The topological polar surface area (TPSA) is 46.2 Å². The van der Waals surface area contributed by atoms with Crippen LogP contribution in [0.15, 0.2) is 24.5 Å². The van der Waals surface area contributed by atoms with Crippen LogP contribution in [0.5, 0.6) is 0 Å². The molecule has 1 unspecified atom stereocenters. The van der Waals surface area contributed by atoms with Crippen molar-refractivity contribution in [3.63, 3.8) is 0 Å². The van der Waals surface area contributed by atoms with Gasteiger partial charge in [-0.05, 0) is 11.6 Å². The van der Waals surface area contributed by atoms with E-state index in [1.54, 1.807) is 0 Å². The molecule has 100 valence electrons. The molecule has 1 aromatic rings. The summed E-state index contributed by atoms with van der Waals surface area (Å²) < 4.78 is 5.66. The molecule has 0 saturated carbocycles. The molecule has 0 aliphatic carbocycles. The minimum atomic E-state index is 0.0936. The number of nitrogens with zero attached hydrogens (tertiary/aromatic N) is 1. The SMILES string of the molecule is CC(C)(CNCC1CNCCO1)c1cccnc1. The second-order valence-electron chi connectivity index (χ2n) is 5.45. The molecule has 2 N–H and O–H groups in total. The molecule has 1 aliphatic rings. The summed E-state index contributed by atoms with van der Waals surface area (Å²) >= 11 is 0. The fourth-order valence-corrected chi connectivity index (χ4v) is 2.16. The lowest BCUT2D eigenvalue weighted by Gasteiger charge is -2.28. The van der Waals surface area contributed by atoms with Gasteiger partial charge in [-0.25, -0.2) is 0 Å². The third kappa shape index (κ3) is 3.77. The molecule has 2 heterocycles. The molecule has 4 heteroatoms. The Morgan fingerprint density at radius 1 is 1.56 bits per heavy atom. The normalized spacial score (nSPS) is 20.9. The summed E-state index contributed by atoms with van der Waals surface area (Å²) in [6.45, 7) is 9.03. The highest BCUT2D eigenvalue weighted by molar-refractivity contribution is 5.19. The predicted octanol–water partition coefficient (Wildman–Crippen LogP) is 0.937. The van der Waals surface area contributed by atoms with E-state index >= 15 is 0 Å². The maximum Gasteiger partial charge on any atom is 0.0824 e. The summed E-state index contributed by atoms with van der Waals surface area (Å²) in [5.74, 6) is 0. The Labute approximate surface area is 109 Å². The summed E-state index contributed by atoms with van der Waals surface area (Å²) in [4.78, 5) is 4.19. The van der Waals surface area contributed by atoms with Crippen LogP contribution in [0.4, 0.5) is 0 Å². The Hall–Kier alpha value is -0.970. The summed E-state index contributed by atoms with van der Waals surface area (Å²) in [5.41, 5.74) is 1.36. The smallest absolute Gasteiger partial charge is 0.0824 e. The summed E-state index contributed by atoms with van der Waals surface area (Å²) in [5, 5.41) is 6.84. The van der Waals surface area contributed by atoms with Crippen LogP contribution in [0.2, 0.25) is 0 Å². The molecule has 1 aromatic heterocycles. The molecule has 1 saturated heterocycles. The molecule has 1 aliphatic heterocycles. The number of nitrogens with one attached hydrogen (secondary N) is 2. The molecule has 1 atom stereocenters. The van der Waals surface area contributed by atoms with Crippen LogP contribution in [0, 0.1) is 0 Å². The van der Waals surface area contributed by atoms with Crippen LogP contribution >= 0.6 is 0 Å². The van der Waals surface area contributed by atoms with E-state index in [1.165, 1.54) is 5.56 Å². The zero-order valence-electron chi connectivity index (χ0n) is 11.3. The van der Waals surface area contributed by atoms with E-state index < -0.39 is 0 Å². The van der Waals surface area contributed by atoms with Crippen LogP contribution in [0.1, 0.15) is 19.4 Å². The van der Waals surface area contributed by atoms with Crippen LogP contribution in [0.3, 0.4) is 0 Å². The van der Waals surface area contributed by atoms with Gasteiger partial charge in [0.05, 0.1) is 12.7 Å². The molecule has 0 spiro atoms. The third-order valence-corrected chi connectivity index (χ3v) is 3.39. The first-order valence-electron chi connectivity index (χ1n) is 6.62. The molecule has 0 radical (unpaired) electrons. The van der Waals surface area contributed by atoms with Gasteiger partial charge in [-0.3, -0.25) is 4.98 Å². The maximum absolute atomic E-state index is 5.66. The molecule has 18 heavy (non-hydrogen) atoms. The van der Waals surface area contributed by atoms with E-state index in [4.69, 9.17) is 4.74 Å². The first-order chi connectivity index (χ1) is 8.68. The monoisotopic (exact) mass is 249 g/mol. The van der Waals surface area contributed by atoms with Crippen molar-refractivity contribution in [1.82, 2.24) is 15.6 Å². The molecule has 1 fully saturated rings. The Morgan fingerprint density at radius 3 is 3.11 bits per heavy atom. The van der Waals surface area contributed by atoms with E-state index in [1.807, 2.05) is 18.5 Å². The first-order valence-corrected chi connectivity index (χ1v) is 6.62. The van der Waals surface area contributed by atoms with Gasteiger partial charge in [-0.2, -0.15) is 0 Å². The lowest BCUT2D eigenvalue weighted by atomic mass is 9.85. The van der Waals surface area contributed by atoms with Gasteiger partial charge in [0.25, 0.3) is 0 Å². The summed E-state index contributed by atoms with van der Waals surface area (Å²) in [6.07, 6.45) is 4.05. The minimum absolute atomic E-state index is 0.0936. The third-order valence-electron chi connectivity index (χ3n) is 3.39. The second-order valence-corrected chi connectivity index (χ2v) is 5.45. The van der Waals surface area contributed by atoms with Crippen LogP contribution in [-0.2, 0) is 10.2 Å². The Kier molecular flexibility index (Phi) is 4.69. The van der Waals surface area contributed by atoms with Crippen molar-refractivity contribution in [1.29, 1.82) is 0 Å². The van der Waals surface area contributed by atoms with Crippen molar-refractivity contribution in [2.24, 2.45) is 0 Å². The average molecular weight is 249 g/mol. The number of ether oxygens (including phenoxy) is 1. The predicted molar refractivity (Wildman–Crippen MR) is 72.7 cm³/mol. The summed E-state index contributed by atoms with van der Waals surface area (Å²) in [7, 11) is 0. The molecule has 2 rings (SSSR count). The quantitative estimate of drug-likeness (QED) is 0.815. The van der Waals surface area contributed by atoms with E-state index in [-0.39, 0.29) is 5.41 Å². The number of aromatic nitrogens is 1. The second kappa shape index (κ2) is 6.27. The largest absolute Gasteiger partial charge is 0.374 e. The standard InChI is InChI=1S/C14H23N3O/c1-14(2,12-4-3-5-15-8-12)11-17-10-13-9-16-6-7-18-13/h3-5,8,13,16-17H,6-7,9-11H2,1-2H3. The van der Waals surface area contributed by atoms with Gasteiger partial charge in [-0.1, -0.05) is 19.9 Å². The fourth-order valence-electron chi connectivity index (χ4n) is 2.16. The lowest BCUT2D eigenvalue weighted by Crippen LogP contribution is -2.46. The molecule has 4 nitrogen and oxygen atoms in total. The maximum atomic E-state index is 5.66. The number of hydrogen-bond acceptors (Lipinski definition) is 4. The van der Waals surface area contributed by atoms with E-state index in [0.29, 0.717) is 6.10 Å². The zero-order valence-corrected chi connectivity index (χ0v) is 11.3. The number of rotatable bonds is 5. The van der Waals surface area contributed by atoms with Gasteiger partial charge in [0.15, 0.2) is 0 Å². The number of pyridine rings is 1. The van der Waals surface area contributed by atoms with Crippen molar-refractivity contribution in [3.05, 3.63) is 30.1 Å². The minimum Gasteiger partial charge on any atom is -0.374 e. The van der Waals surface area contributed by atoms with Crippen LogP contribution in [0.25, 0.3) is 0 Å². The molecular weight excluding hydrogens is 226 g/mol. The van der Waals surface area contributed by atoms with Gasteiger partial charge >= 0.3 is 0 Å². The van der Waals surface area contributed by atoms with Crippen molar-refractivity contribution >= 4 is 0 Å². The number of morpholine rings is 1. The molecular formula is C14H23N3O. The van der Waals surface area contributed by atoms with Crippen molar-refractivity contribution < 1.29 is 4.74 Å². The fraction of sp³-hybridized carbons (Fsp3) is 0.643. The van der Waals surface area contributed by atoms with Crippen LogP contribution < -0.4 is 10.6 Å². The Bertz CT molecular complexity index is 347. The van der Waals surface area contributed by atoms with E-state index in [9.17, 15) is 0 Å². The van der Waals surface area contributed by atoms with E-state index in [0.717, 1.165) is 32.8 Å². The molecule has 0 bridgehead atoms. The summed E-state index contributed by atoms with van der Waals surface area (Å²) in [6, 6.07) is 4.12. The van der Waals surface area contributed by atoms with E-state index in [2.05, 4.69) is 35.5 Å².